The number of aromatic hydroxyl groups is 1. The lowest BCUT2D eigenvalue weighted by Gasteiger charge is -2.39. The van der Waals surface area contributed by atoms with Gasteiger partial charge in [-0.2, -0.15) is 0 Å². The Morgan fingerprint density at radius 3 is 2.30 bits per heavy atom. The average Bonchev–Trinajstić information content (AvgIpc) is 2.81. The normalized spacial score (nSPS) is 15.2. The molecular weight excluding hydrogens is 426 g/mol. The van der Waals surface area contributed by atoms with Crippen LogP contribution < -0.4 is 15.0 Å². The summed E-state index contributed by atoms with van der Waals surface area (Å²) in [5.74, 6) is 1.06. The predicted molar refractivity (Wildman–Crippen MR) is 124 cm³/mol. The fourth-order valence-electron chi connectivity index (χ4n) is 4.38. The monoisotopic (exact) mass is 459 g/mol. The van der Waals surface area contributed by atoms with Crippen LogP contribution in [0.4, 0.5) is 4.79 Å². The number of benzene rings is 1. The highest BCUT2D eigenvalue weighted by molar-refractivity contribution is 5.67. The van der Waals surface area contributed by atoms with Crippen molar-refractivity contribution in [3.8, 4) is 17.2 Å². The van der Waals surface area contributed by atoms with E-state index in [-0.39, 0.29) is 17.4 Å². The van der Waals surface area contributed by atoms with Crippen molar-refractivity contribution in [1.29, 1.82) is 0 Å². The molecule has 1 aromatic heterocycles. The minimum Gasteiger partial charge on any atom is -0.507 e. The molecule has 2 aromatic rings. The van der Waals surface area contributed by atoms with Crippen molar-refractivity contribution in [3.63, 3.8) is 0 Å². The molecule has 1 atom stereocenters. The SMILES string of the molecule is CCOC(=O)N1CCN([C@H](c2ccc(OC)c(OC)c2)c2c(O)cc(C)n(CC)c2=O)CC1. The topological polar surface area (TPSA) is 93.5 Å². The van der Waals surface area contributed by atoms with Crippen LogP contribution in [0, 0.1) is 6.92 Å². The Morgan fingerprint density at radius 2 is 1.73 bits per heavy atom. The van der Waals surface area contributed by atoms with Crippen molar-refractivity contribution in [1.82, 2.24) is 14.4 Å². The standard InChI is InChI=1S/C24H33N3O6/c1-6-27-16(3)14-18(28)21(23(27)29)22(17-8-9-19(31-4)20(15-17)32-5)25-10-12-26(13-11-25)24(30)33-7-2/h8-9,14-15,22,28H,6-7,10-13H2,1-5H3/t22-/m1/s1. The van der Waals surface area contributed by atoms with Crippen LogP contribution in [0.1, 0.15) is 36.7 Å². The van der Waals surface area contributed by atoms with Crippen LogP contribution in [-0.4, -0.2) is 72.6 Å². The van der Waals surface area contributed by atoms with Gasteiger partial charge in [-0.05, 0) is 44.5 Å². The van der Waals surface area contributed by atoms with Crippen molar-refractivity contribution < 1.29 is 24.1 Å². The maximum Gasteiger partial charge on any atom is 0.409 e. The first kappa shape index (κ1) is 24.4. The molecule has 0 bridgehead atoms. The van der Waals surface area contributed by atoms with Gasteiger partial charge in [-0.15, -0.1) is 0 Å². The first-order valence-electron chi connectivity index (χ1n) is 11.2. The van der Waals surface area contributed by atoms with Crippen LogP contribution in [0.2, 0.25) is 0 Å². The van der Waals surface area contributed by atoms with Crippen molar-refractivity contribution in [2.24, 2.45) is 0 Å². The van der Waals surface area contributed by atoms with Crippen LogP contribution in [0.3, 0.4) is 0 Å². The van der Waals surface area contributed by atoms with E-state index in [2.05, 4.69) is 4.90 Å². The lowest BCUT2D eigenvalue weighted by Crippen LogP contribution is -2.50. The van der Waals surface area contributed by atoms with Gasteiger partial charge in [-0.3, -0.25) is 9.69 Å². The Balaban J connectivity index is 2.08. The number of rotatable bonds is 7. The van der Waals surface area contributed by atoms with Crippen LogP contribution in [0.15, 0.2) is 29.1 Å². The average molecular weight is 460 g/mol. The number of nitrogens with zero attached hydrogens (tertiary/aromatic N) is 3. The lowest BCUT2D eigenvalue weighted by atomic mass is 9.95. The molecule has 1 aliphatic heterocycles. The van der Waals surface area contributed by atoms with Gasteiger partial charge >= 0.3 is 6.09 Å². The molecule has 1 aliphatic rings. The summed E-state index contributed by atoms with van der Waals surface area (Å²) in [5, 5.41) is 10.9. The zero-order valence-electron chi connectivity index (χ0n) is 20.0. The Kier molecular flexibility index (Phi) is 7.86. The Bertz CT molecular complexity index is 1040. The fraction of sp³-hybridized carbons (Fsp3) is 0.500. The van der Waals surface area contributed by atoms with Crippen molar-refractivity contribution in [3.05, 3.63) is 51.4 Å². The van der Waals surface area contributed by atoms with Gasteiger partial charge in [0, 0.05) is 38.4 Å². The number of pyridine rings is 1. The second-order valence-corrected chi connectivity index (χ2v) is 7.87. The zero-order valence-corrected chi connectivity index (χ0v) is 20.0. The molecule has 1 aromatic carbocycles. The van der Waals surface area contributed by atoms with E-state index >= 15 is 0 Å². The lowest BCUT2D eigenvalue weighted by molar-refractivity contribution is 0.0709. The molecule has 2 heterocycles. The molecule has 0 spiro atoms. The van der Waals surface area contributed by atoms with Crippen LogP contribution in [0.25, 0.3) is 0 Å². The minimum absolute atomic E-state index is 0.0465. The molecule has 33 heavy (non-hydrogen) atoms. The number of carbonyl (C=O) groups is 1. The molecule has 0 aliphatic carbocycles. The Morgan fingerprint density at radius 1 is 1.06 bits per heavy atom. The molecule has 9 nitrogen and oxygen atoms in total. The quantitative estimate of drug-likeness (QED) is 0.680. The zero-order chi connectivity index (χ0) is 24.1. The Hall–Kier alpha value is -3.20. The minimum atomic E-state index is -0.528. The third-order valence-electron chi connectivity index (χ3n) is 6.04. The molecule has 0 saturated carbocycles. The molecule has 180 valence electrons. The van der Waals surface area contributed by atoms with E-state index in [9.17, 15) is 14.7 Å². The Labute approximate surface area is 194 Å². The maximum absolute atomic E-state index is 13.5. The van der Waals surface area contributed by atoms with Gasteiger partial charge in [0.05, 0.1) is 32.4 Å². The molecule has 1 N–H and O–H groups in total. The molecule has 0 radical (unpaired) electrons. The number of carbonyl (C=O) groups excluding carboxylic acids is 1. The summed E-state index contributed by atoms with van der Waals surface area (Å²) in [6.45, 7) is 8.23. The van der Waals surface area contributed by atoms with E-state index < -0.39 is 6.04 Å². The van der Waals surface area contributed by atoms with Gasteiger partial charge in [-0.1, -0.05) is 6.07 Å². The van der Waals surface area contributed by atoms with Crippen LogP contribution in [-0.2, 0) is 11.3 Å². The molecule has 1 fully saturated rings. The summed E-state index contributed by atoms with van der Waals surface area (Å²) < 4.78 is 17.6. The van der Waals surface area contributed by atoms with E-state index in [1.165, 1.54) is 0 Å². The van der Waals surface area contributed by atoms with Gasteiger partial charge in [-0.25, -0.2) is 4.79 Å². The van der Waals surface area contributed by atoms with Crippen molar-refractivity contribution in [2.45, 2.75) is 33.4 Å². The van der Waals surface area contributed by atoms with Gasteiger partial charge in [0.15, 0.2) is 11.5 Å². The number of piperazine rings is 1. The number of aryl methyl sites for hydroxylation is 1. The van der Waals surface area contributed by atoms with Crippen molar-refractivity contribution >= 4 is 6.09 Å². The highest BCUT2D eigenvalue weighted by Gasteiger charge is 2.33. The molecule has 9 heteroatoms. The van der Waals surface area contributed by atoms with E-state index in [1.54, 1.807) is 49.7 Å². The number of hydrogen-bond donors (Lipinski definition) is 1. The molecule has 1 amide bonds. The van der Waals surface area contributed by atoms with Gasteiger partial charge in [0.25, 0.3) is 5.56 Å². The van der Waals surface area contributed by atoms with E-state index in [0.29, 0.717) is 62.1 Å². The van der Waals surface area contributed by atoms with E-state index in [1.807, 2.05) is 19.1 Å². The van der Waals surface area contributed by atoms with Crippen molar-refractivity contribution in [2.75, 3.05) is 47.0 Å². The molecule has 1 saturated heterocycles. The summed E-state index contributed by atoms with van der Waals surface area (Å²) in [5.41, 5.74) is 1.56. The number of aromatic nitrogens is 1. The molecule has 3 rings (SSSR count). The summed E-state index contributed by atoms with van der Waals surface area (Å²) >= 11 is 0. The third kappa shape index (κ3) is 4.93. The van der Waals surface area contributed by atoms with Crippen LogP contribution in [0.5, 0.6) is 17.2 Å². The number of ether oxygens (including phenoxy) is 3. The second kappa shape index (κ2) is 10.6. The smallest absolute Gasteiger partial charge is 0.409 e. The highest BCUT2D eigenvalue weighted by atomic mass is 16.6. The predicted octanol–water partition coefficient (Wildman–Crippen LogP) is 2.76. The van der Waals surface area contributed by atoms with E-state index in [4.69, 9.17) is 14.2 Å². The maximum atomic E-state index is 13.5. The van der Waals surface area contributed by atoms with E-state index in [0.717, 1.165) is 5.56 Å². The number of methoxy groups -OCH3 is 2. The summed E-state index contributed by atoms with van der Waals surface area (Å²) in [6, 6.07) is 6.59. The summed E-state index contributed by atoms with van der Waals surface area (Å²) in [6.07, 6.45) is -0.341. The largest absolute Gasteiger partial charge is 0.507 e. The second-order valence-electron chi connectivity index (χ2n) is 7.87. The molecular formula is C24H33N3O6. The van der Waals surface area contributed by atoms with Gasteiger partial charge < -0.3 is 28.8 Å². The van der Waals surface area contributed by atoms with Gasteiger partial charge in [0.2, 0.25) is 0 Å². The molecule has 0 unspecified atom stereocenters. The first-order chi connectivity index (χ1) is 15.9. The summed E-state index contributed by atoms with van der Waals surface area (Å²) in [7, 11) is 3.12. The first-order valence-corrected chi connectivity index (χ1v) is 11.2. The number of amides is 1. The van der Waals surface area contributed by atoms with Crippen LogP contribution >= 0.6 is 0 Å². The highest BCUT2D eigenvalue weighted by Crippen LogP contribution is 2.37. The third-order valence-corrected chi connectivity index (χ3v) is 6.04. The number of hydrogen-bond acceptors (Lipinski definition) is 7. The van der Waals surface area contributed by atoms with Gasteiger partial charge in [0.1, 0.15) is 5.75 Å². The fourth-order valence-corrected chi connectivity index (χ4v) is 4.38. The summed E-state index contributed by atoms with van der Waals surface area (Å²) in [4.78, 5) is 29.4.